The van der Waals surface area contributed by atoms with Crippen LogP contribution in [0.5, 0.6) is 11.5 Å². The summed E-state index contributed by atoms with van der Waals surface area (Å²) in [4.78, 5) is 26.1. The first-order valence-corrected chi connectivity index (χ1v) is 13.2. The predicted molar refractivity (Wildman–Crippen MR) is 149 cm³/mol. The number of ether oxygens (including phenoxy) is 3. The number of allylic oxidation sites excluding steroid dienone is 1. The number of carbonyl (C=O) groups is 1. The molecular weight excluding hydrogens is 529 g/mol. The Bertz CT molecular complexity index is 1350. The van der Waals surface area contributed by atoms with Crippen LogP contribution < -0.4 is 20.1 Å². The highest BCUT2D eigenvalue weighted by Gasteiger charge is 2.30. The molecule has 5 rings (SSSR count). The predicted octanol–water partition coefficient (Wildman–Crippen LogP) is 5.41. The van der Waals surface area contributed by atoms with E-state index < -0.39 is 0 Å². The zero-order chi connectivity index (χ0) is 26.8. The Hall–Kier alpha value is -3.14. The van der Waals surface area contributed by atoms with Gasteiger partial charge in [-0.2, -0.15) is 0 Å². The van der Waals surface area contributed by atoms with Crippen molar-refractivity contribution in [3.63, 3.8) is 0 Å². The van der Waals surface area contributed by atoms with Crippen LogP contribution in [-0.2, 0) is 9.53 Å². The molecule has 2 fully saturated rings. The topological polar surface area (TPSA) is 107 Å². The summed E-state index contributed by atoms with van der Waals surface area (Å²) in [5.74, 6) is 3.09. The van der Waals surface area contributed by atoms with Crippen LogP contribution in [0.1, 0.15) is 19.3 Å². The Kier molecular flexibility index (Phi) is 7.88. The molecule has 0 amide bonds. The molecule has 200 valence electrons. The molecule has 0 radical (unpaired) electrons. The average molecular weight is 558 g/mol. The van der Waals surface area contributed by atoms with E-state index in [0.29, 0.717) is 75.6 Å². The lowest BCUT2D eigenvalue weighted by Crippen LogP contribution is -2.29. The number of rotatable bonds is 11. The number of ketones is 1. The van der Waals surface area contributed by atoms with Crippen LogP contribution in [0.15, 0.2) is 31.0 Å². The number of hydrogen-bond donors (Lipinski definition) is 2. The standard InChI is InChI=1S/C27H29Cl2N5O4/c1-4-16(35)7-15-12-38-13-19(15)32-22-8-17-18(11-30-22)33-27(34-26(17)31-10-14-5-6-14)23-24(28)20(36-2)9-21(37-3)25(23)29/h4,8-9,11,14-15,19H,1,5-7,10,12-13H2,2-3H3,(H,30,32)(H,31,33,34)/t15-,19+/m0/s1. The summed E-state index contributed by atoms with van der Waals surface area (Å²) in [6.07, 6.45) is 5.79. The molecular formula is C27H29Cl2N5O4. The van der Waals surface area contributed by atoms with Crippen LogP contribution in [0.2, 0.25) is 10.0 Å². The van der Waals surface area contributed by atoms with Crippen molar-refractivity contribution in [2.45, 2.75) is 25.3 Å². The van der Waals surface area contributed by atoms with Crippen molar-refractivity contribution in [3.05, 3.63) is 41.0 Å². The van der Waals surface area contributed by atoms with Gasteiger partial charge in [-0.1, -0.05) is 29.8 Å². The quantitative estimate of drug-likeness (QED) is 0.299. The fourth-order valence-corrected chi connectivity index (χ4v) is 5.16. The highest BCUT2D eigenvalue weighted by atomic mass is 35.5. The fourth-order valence-electron chi connectivity index (χ4n) is 4.49. The van der Waals surface area contributed by atoms with Gasteiger partial charge in [-0.15, -0.1) is 0 Å². The monoisotopic (exact) mass is 557 g/mol. The van der Waals surface area contributed by atoms with Crippen LogP contribution in [0.4, 0.5) is 11.6 Å². The summed E-state index contributed by atoms with van der Waals surface area (Å²) in [6.45, 7) is 5.37. The number of pyridine rings is 1. The molecule has 1 saturated heterocycles. The molecule has 1 aliphatic carbocycles. The van der Waals surface area contributed by atoms with Gasteiger partial charge in [-0.3, -0.25) is 4.79 Å². The summed E-state index contributed by atoms with van der Waals surface area (Å²) in [6, 6.07) is 3.49. The van der Waals surface area contributed by atoms with Gasteiger partial charge in [-0.25, -0.2) is 15.0 Å². The number of benzene rings is 1. The van der Waals surface area contributed by atoms with Crippen LogP contribution in [0, 0.1) is 11.8 Å². The van der Waals surface area contributed by atoms with E-state index in [2.05, 4.69) is 22.2 Å². The molecule has 1 saturated carbocycles. The first-order valence-electron chi connectivity index (χ1n) is 12.4. The Morgan fingerprint density at radius 3 is 2.55 bits per heavy atom. The third kappa shape index (κ3) is 5.50. The van der Waals surface area contributed by atoms with Gasteiger partial charge < -0.3 is 24.8 Å². The maximum Gasteiger partial charge on any atom is 0.165 e. The second-order valence-electron chi connectivity index (χ2n) is 9.51. The molecule has 3 aromatic rings. The third-order valence-corrected chi connectivity index (χ3v) is 7.61. The molecule has 2 atom stereocenters. The van der Waals surface area contributed by atoms with E-state index in [-0.39, 0.29) is 17.7 Å². The molecule has 38 heavy (non-hydrogen) atoms. The minimum atomic E-state index is -0.0474. The lowest BCUT2D eigenvalue weighted by atomic mass is 9.97. The Balaban J connectivity index is 1.54. The Morgan fingerprint density at radius 1 is 1.16 bits per heavy atom. The van der Waals surface area contributed by atoms with Crippen LogP contribution in [0.25, 0.3) is 22.3 Å². The fraction of sp³-hybridized carbons (Fsp3) is 0.407. The van der Waals surface area contributed by atoms with E-state index in [1.165, 1.54) is 33.1 Å². The molecule has 3 heterocycles. The zero-order valence-electron chi connectivity index (χ0n) is 21.2. The maximum absolute atomic E-state index is 11.9. The van der Waals surface area contributed by atoms with Gasteiger partial charge >= 0.3 is 0 Å². The summed E-state index contributed by atoms with van der Waals surface area (Å²) in [5, 5.41) is 8.29. The second-order valence-corrected chi connectivity index (χ2v) is 10.3. The number of hydrogen-bond acceptors (Lipinski definition) is 9. The van der Waals surface area contributed by atoms with E-state index >= 15 is 0 Å². The Labute approximate surface area is 230 Å². The number of nitrogens with zero attached hydrogens (tertiary/aromatic N) is 3. The summed E-state index contributed by atoms with van der Waals surface area (Å²) < 4.78 is 16.5. The van der Waals surface area contributed by atoms with E-state index in [1.54, 1.807) is 12.3 Å². The SMILES string of the molecule is C=CC(=O)C[C@H]1COC[C@H]1Nc1cc2c(NCC3CC3)nc(-c3c(Cl)c(OC)cc(OC)c3Cl)nc2cn1. The number of fused-ring (bicyclic) bond motifs is 1. The number of halogens is 2. The molecule has 0 bridgehead atoms. The normalized spacial score (nSPS) is 18.8. The lowest BCUT2D eigenvalue weighted by molar-refractivity contribution is -0.115. The summed E-state index contributed by atoms with van der Waals surface area (Å²) >= 11 is 13.3. The molecule has 11 heteroatoms. The molecule has 2 aliphatic rings. The van der Waals surface area contributed by atoms with Gasteiger partial charge in [0.25, 0.3) is 0 Å². The minimum Gasteiger partial charge on any atom is -0.495 e. The van der Waals surface area contributed by atoms with Crippen LogP contribution in [0.3, 0.4) is 0 Å². The molecule has 1 aliphatic heterocycles. The van der Waals surface area contributed by atoms with Crippen LogP contribution in [-0.4, -0.2) is 60.8 Å². The van der Waals surface area contributed by atoms with Gasteiger partial charge in [0.2, 0.25) is 0 Å². The van der Waals surface area contributed by atoms with E-state index in [0.717, 1.165) is 11.9 Å². The van der Waals surface area contributed by atoms with Crippen molar-refractivity contribution in [2.24, 2.45) is 11.8 Å². The summed E-state index contributed by atoms with van der Waals surface area (Å²) in [7, 11) is 3.04. The number of anilines is 2. The number of methoxy groups -OCH3 is 2. The first kappa shape index (κ1) is 26.5. The largest absolute Gasteiger partial charge is 0.495 e. The molecule has 2 aromatic heterocycles. The number of carbonyl (C=O) groups excluding carboxylic acids is 1. The Morgan fingerprint density at radius 2 is 1.89 bits per heavy atom. The van der Waals surface area contributed by atoms with Crippen LogP contribution >= 0.6 is 23.2 Å². The average Bonchev–Trinajstić information content (AvgIpc) is 3.66. The molecule has 0 unspecified atom stereocenters. The van der Waals surface area contributed by atoms with Crippen molar-refractivity contribution < 1.29 is 19.0 Å². The molecule has 0 spiro atoms. The molecule has 1 aromatic carbocycles. The van der Waals surface area contributed by atoms with Crippen molar-refractivity contribution in [1.82, 2.24) is 15.0 Å². The van der Waals surface area contributed by atoms with Crippen molar-refractivity contribution in [2.75, 3.05) is 44.6 Å². The highest BCUT2D eigenvalue weighted by molar-refractivity contribution is 6.41. The van der Waals surface area contributed by atoms with Gasteiger partial charge in [-0.05, 0) is 30.9 Å². The lowest BCUT2D eigenvalue weighted by Gasteiger charge is -2.19. The molecule has 9 nitrogen and oxygen atoms in total. The van der Waals surface area contributed by atoms with Gasteiger partial charge in [0.15, 0.2) is 11.6 Å². The number of aromatic nitrogens is 3. The van der Waals surface area contributed by atoms with E-state index in [1.807, 2.05) is 6.07 Å². The van der Waals surface area contributed by atoms with E-state index in [9.17, 15) is 4.79 Å². The van der Waals surface area contributed by atoms with E-state index in [4.69, 9.17) is 47.4 Å². The third-order valence-electron chi connectivity index (χ3n) is 6.86. The highest BCUT2D eigenvalue weighted by Crippen LogP contribution is 2.45. The van der Waals surface area contributed by atoms with Gasteiger partial charge in [0, 0.05) is 30.3 Å². The van der Waals surface area contributed by atoms with Gasteiger partial charge in [0.1, 0.15) is 23.1 Å². The molecule has 2 N–H and O–H groups in total. The van der Waals surface area contributed by atoms with Crippen molar-refractivity contribution in [1.29, 1.82) is 0 Å². The smallest absolute Gasteiger partial charge is 0.165 e. The maximum atomic E-state index is 11.9. The first-order chi connectivity index (χ1) is 18.4. The summed E-state index contributed by atoms with van der Waals surface area (Å²) in [5.41, 5.74) is 1.04. The minimum absolute atomic E-state index is 0.00208. The second kappa shape index (κ2) is 11.3. The zero-order valence-corrected chi connectivity index (χ0v) is 22.7. The van der Waals surface area contributed by atoms with Crippen molar-refractivity contribution in [3.8, 4) is 22.9 Å². The van der Waals surface area contributed by atoms with Gasteiger partial charge in [0.05, 0.1) is 60.8 Å². The number of nitrogens with one attached hydrogen (secondary N) is 2. The van der Waals surface area contributed by atoms with Crippen molar-refractivity contribution >= 4 is 51.5 Å².